The van der Waals surface area contributed by atoms with Crippen molar-refractivity contribution in [3.8, 4) is 5.75 Å². The molecular formula is C13H14F2N2O3. The van der Waals surface area contributed by atoms with Crippen molar-refractivity contribution in [3.63, 3.8) is 0 Å². The molecule has 1 fully saturated rings. The maximum atomic E-state index is 13.3. The predicted octanol–water partition coefficient (Wildman–Crippen LogP) is 0.692. The monoisotopic (exact) mass is 284 g/mol. The van der Waals surface area contributed by atoms with Gasteiger partial charge in [0.25, 0.3) is 5.91 Å². The van der Waals surface area contributed by atoms with Crippen LogP contribution in [0.5, 0.6) is 5.75 Å². The fourth-order valence-electron chi connectivity index (χ4n) is 1.84. The molecule has 1 saturated heterocycles. The van der Waals surface area contributed by atoms with Crippen LogP contribution in [0.3, 0.4) is 0 Å². The maximum absolute atomic E-state index is 13.3. The van der Waals surface area contributed by atoms with E-state index in [1.807, 2.05) is 0 Å². The number of ether oxygens (including phenoxy) is 1. The van der Waals surface area contributed by atoms with E-state index in [2.05, 4.69) is 5.32 Å². The van der Waals surface area contributed by atoms with Crippen molar-refractivity contribution in [2.24, 2.45) is 0 Å². The molecule has 2 amide bonds. The summed E-state index contributed by atoms with van der Waals surface area (Å²) in [6, 6.07) is 2.87. The van der Waals surface area contributed by atoms with Gasteiger partial charge in [-0.15, -0.1) is 0 Å². The lowest BCUT2D eigenvalue weighted by Gasteiger charge is -2.19. The van der Waals surface area contributed by atoms with E-state index in [1.165, 1.54) is 4.90 Å². The second kappa shape index (κ2) is 6.31. The largest absolute Gasteiger partial charge is 0.481 e. The predicted molar refractivity (Wildman–Crippen MR) is 66.1 cm³/mol. The number of hydrogen-bond acceptors (Lipinski definition) is 3. The molecule has 20 heavy (non-hydrogen) atoms. The molecule has 5 nitrogen and oxygen atoms in total. The van der Waals surface area contributed by atoms with Crippen molar-refractivity contribution in [3.05, 3.63) is 29.8 Å². The molecule has 0 spiro atoms. The Labute approximate surface area is 114 Å². The molecule has 108 valence electrons. The van der Waals surface area contributed by atoms with Gasteiger partial charge in [0.1, 0.15) is 5.82 Å². The summed E-state index contributed by atoms with van der Waals surface area (Å²) in [5, 5.41) is 2.64. The first-order valence-electron chi connectivity index (χ1n) is 6.18. The summed E-state index contributed by atoms with van der Waals surface area (Å²) in [5.41, 5.74) is 0. The summed E-state index contributed by atoms with van der Waals surface area (Å²) in [4.78, 5) is 24.5. The molecule has 0 unspecified atom stereocenters. The molecule has 0 bridgehead atoms. The van der Waals surface area contributed by atoms with E-state index < -0.39 is 11.6 Å². The first-order valence-corrected chi connectivity index (χ1v) is 6.18. The standard InChI is InChI=1S/C13H14F2N2O3/c14-9-1-2-11(10(15)7-9)20-8-13(19)17-5-3-12(18)16-4-6-17/h1-2,7H,3-6,8H2,(H,16,18). The summed E-state index contributed by atoms with van der Waals surface area (Å²) in [5.74, 6) is -2.19. The van der Waals surface area contributed by atoms with E-state index in [4.69, 9.17) is 4.74 Å². The Hall–Kier alpha value is -2.18. The van der Waals surface area contributed by atoms with Crippen LogP contribution in [0.25, 0.3) is 0 Å². The molecule has 1 heterocycles. The van der Waals surface area contributed by atoms with Crippen LogP contribution < -0.4 is 10.1 Å². The van der Waals surface area contributed by atoms with Crippen molar-refractivity contribution in [2.75, 3.05) is 26.2 Å². The third kappa shape index (κ3) is 3.66. The fraction of sp³-hybridized carbons (Fsp3) is 0.385. The highest BCUT2D eigenvalue weighted by molar-refractivity contribution is 5.80. The molecule has 1 aromatic carbocycles. The number of carbonyl (C=O) groups is 2. The number of amides is 2. The van der Waals surface area contributed by atoms with Gasteiger partial charge in [-0.05, 0) is 12.1 Å². The lowest BCUT2D eigenvalue weighted by atomic mass is 10.3. The maximum Gasteiger partial charge on any atom is 0.260 e. The molecule has 0 aromatic heterocycles. The van der Waals surface area contributed by atoms with E-state index in [1.54, 1.807) is 0 Å². The van der Waals surface area contributed by atoms with Gasteiger partial charge in [0.15, 0.2) is 18.2 Å². The van der Waals surface area contributed by atoms with Crippen LogP contribution in [0.15, 0.2) is 18.2 Å². The zero-order valence-electron chi connectivity index (χ0n) is 10.7. The van der Waals surface area contributed by atoms with Crippen molar-refractivity contribution >= 4 is 11.8 Å². The lowest BCUT2D eigenvalue weighted by molar-refractivity contribution is -0.133. The van der Waals surface area contributed by atoms with E-state index >= 15 is 0 Å². The molecule has 7 heteroatoms. The van der Waals surface area contributed by atoms with E-state index in [0.29, 0.717) is 25.7 Å². The van der Waals surface area contributed by atoms with Crippen LogP contribution in [-0.2, 0) is 9.59 Å². The van der Waals surface area contributed by atoms with Gasteiger partial charge in [0, 0.05) is 32.1 Å². The number of rotatable bonds is 3. The number of nitrogens with one attached hydrogen (secondary N) is 1. The van der Waals surface area contributed by atoms with Crippen molar-refractivity contribution in [2.45, 2.75) is 6.42 Å². The van der Waals surface area contributed by atoms with Gasteiger partial charge in [0.2, 0.25) is 5.91 Å². The second-order valence-electron chi connectivity index (χ2n) is 4.34. The first-order chi connectivity index (χ1) is 9.56. The lowest BCUT2D eigenvalue weighted by Crippen LogP contribution is -2.37. The average molecular weight is 284 g/mol. The summed E-state index contributed by atoms with van der Waals surface area (Å²) in [6.07, 6.45) is 0.233. The Bertz CT molecular complexity index is 522. The average Bonchev–Trinajstić information content (AvgIpc) is 2.62. The molecular weight excluding hydrogens is 270 g/mol. The van der Waals surface area contributed by atoms with Crippen LogP contribution in [0, 0.1) is 11.6 Å². The summed E-state index contributed by atoms with van der Waals surface area (Å²) in [6.45, 7) is 0.728. The minimum Gasteiger partial charge on any atom is -0.481 e. The SMILES string of the molecule is O=C1CCN(C(=O)COc2ccc(F)cc2F)CCN1. The fourth-order valence-corrected chi connectivity index (χ4v) is 1.84. The van der Waals surface area contributed by atoms with Crippen molar-refractivity contribution < 1.29 is 23.1 Å². The van der Waals surface area contributed by atoms with Gasteiger partial charge in [-0.3, -0.25) is 9.59 Å². The molecule has 1 aromatic rings. The van der Waals surface area contributed by atoms with Gasteiger partial charge in [-0.25, -0.2) is 8.78 Å². The van der Waals surface area contributed by atoms with Gasteiger partial charge < -0.3 is 15.0 Å². The van der Waals surface area contributed by atoms with E-state index in [-0.39, 0.29) is 30.6 Å². The highest BCUT2D eigenvalue weighted by atomic mass is 19.1. The van der Waals surface area contributed by atoms with Crippen molar-refractivity contribution in [1.82, 2.24) is 10.2 Å². The van der Waals surface area contributed by atoms with E-state index in [9.17, 15) is 18.4 Å². The molecule has 1 aliphatic heterocycles. The van der Waals surface area contributed by atoms with E-state index in [0.717, 1.165) is 12.1 Å². The third-order valence-corrected chi connectivity index (χ3v) is 2.91. The first kappa shape index (κ1) is 14.2. The smallest absolute Gasteiger partial charge is 0.260 e. The number of nitrogens with zero attached hydrogens (tertiary/aromatic N) is 1. The zero-order chi connectivity index (χ0) is 14.5. The van der Waals surface area contributed by atoms with Gasteiger partial charge in [-0.2, -0.15) is 0 Å². The van der Waals surface area contributed by atoms with Crippen molar-refractivity contribution in [1.29, 1.82) is 0 Å². The van der Waals surface area contributed by atoms with Gasteiger partial charge in [-0.1, -0.05) is 0 Å². The quantitative estimate of drug-likeness (QED) is 0.888. The Kier molecular flexibility index (Phi) is 4.49. The van der Waals surface area contributed by atoms with Crippen LogP contribution in [0.1, 0.15) is 6.42 Å². The molecule has 1 aliphatic rings. The Balaban J connectivity index is 1.89. The minimum absolute atomic E-state index is 0.106. The van der Waals surface area contributed by atoms with Crippen LogP contribution in [0.4, 0.5) is 8.78 Å². The second-order valence-corrected chi connectivity index (χ2v) is 4.34. The summed E-state index contributed by atoms with van der Waals surface area (Å²) >= 11 is 0. The number of carbonyl (C=O) groups excluding carboxylic acids is 2. The molecule has 0 aliphatic carbocycles. The number of halogens is 2. The Morgan fingerprint density at radius 1 is 1.35 bits per heavy atom. The summed E-state index contributed by atoms with van der Waals surface area (Å²) < 4.78 is 31.1. The minimum atomic E-state index is -0.856. The third-order valence-electron chi connectivity index (χ3n) is 2.91. The number of hydrogen-bond donors (Lipinski definition) is 1. The normalized spacial score (nSPS) is 15.5. The Morgan fingerprint density at radius 3 is 2.90 bits per heavy atom. The molecule has 2 rings (SSSR count). The van der Waals surface area contributed by atoms with Gasteiger partial charge >= 0.3 is 0 Å². The molecule has 1 N–H and O–H groups in total. The topological polar surface area (TPSA) is 58.6 Å². The van der Waals surface area contributed by atoms with Crippen LogP contribution in [-0.4, -0.2) is 43.0 Å². The molecule has 0 saturated carbocycles. The molecule has 0 radical (unpaired) electrons. The Morgan fingerprint density at radius 2 is 2.15 bits per heavy atom. The summed E-state index contributed by atoms with van der Waals surface area (Å²) in [7, 11) is 0. The zero-order valence-corrected chi connectivity index (χ0v) is 10.7. The number of benzene rings is 1. The molecule has 0 atom stereocenters. The van der Waals surface area contributed by atoms with Gasteiger partial charge in [0.05, 0.1) is 0 Å². The van der Waals surface area contributed by atoms with Crippen LogP contribution >= 0.6 is 0 Å². The highest BCUT2D eigenvalue weighted by Crippen LogP contribution is 2.17. The highest BCUT2D eigenvalue weighted by Gasteiger charge is 2.19. The van der Waals surface area contributed by atoms with Crippen LogP contribution in [0.2, 0.25) is 0 Å².